The average molecular weight is 411 g/mol. The van der Waals surface area contributed by atoms with Gasteiger partial charge in [-0.2, -0.15) is 5.10 Å². The number of likely N-dealkylation sites (N-methyl/N-ethyl adjacent to an activating group) is 1. The Morgan fingerprint density at radius 2 is 1.90 bits per heavy atom. The Morgan fingerprint density at radius 1 is 1.17 bits per heavy atom. The molecule has 8 nitrogen and oxygen atoms in total. The van der Waals surface area contributed by atoms with Crippen molar-refractivity contribution in [2.24, 2.45) is 0 Å². The fraction of sp³-hybridized carbons (Fsp3) is 0.250. The summed E-state index contributed by atoms with van der Waals surface area (Å²) >= 11 is 5.28. The van der Waals surface area contributed by atoms with Crippen LogP contribution in [0.15, 0.2) is 42.6 Å². The molecule has 2 aromatic heterocycles. The van der Waals surface area contributed by atoms with Gasteiger partial charge < -0.3 is 10.2 Å². The van der Waals surface area contributed by atoms with Crippen LogP contribution in [0, 0.1) is 18.6 Å². The number of aromatic nitrogens is 4. The van der Waals surface area contributed by atoms with Gasteiger partial charge >= 0.3 is 0 Å². The molecule has 0 bridgehead atoms. The highest BCUT2D eigenvalue weighted by atomic mass is 32.1. The largest absolute Gasteiger partial charge is 0.335 e. The first-order valence-electron chi connectivity index (χ1n) is 9.02. The molecular weight excluding hydrogens is 388 g/mol. The number of carbonyl (C=O) groups excluding carboxylic acids is 2. The van der Waals surface area contributed by atoms with Crippen LogP contribution in [0.5, 0.6) is 0 Å². The SMILES string of the molecule is Cc1ccc(-c2n[nH]c(=S)n2CC(=O)N(C)CC(=O)Nc2cc(C)ccn2)cc1. The summed E-state index contributed by atoms with van der Waals surface area (Å²) < 4.78 is 1.97. The monoisotopic (exact) mass is 410 g/mol. The van der Waals surface area contributed by atoms with Gasteiger partial charge in [-0.1, -0.05) is 29.8 Å². The van der Waals surface area contributed by atoms with Crippen molar-refractivity contribution in [2.75, 3.05) is 18.9 Å². The molecule has 150 valence electrons. The van der Waals surface area contributed by atoms with Gasteiger partial charge in [0.15, 0.2) is 10.6 Å². The molecule has 2 amide bonds. The lowest BCUT2D eigenvalue weighted by molar-refractivity contribution is -0.133. The van der Waals surface area contributed by atoms with E-state index in [0.29, 0.717) is 16.4 Å². The Kier molecular flexibility index (Phi) is 6.18. The number of aromatic amines is 1. The molecule has 2 heterocycles. The van der Waals surface area contributed by atoms with Crippen LogP contribution < -0.4 is 5.32 Å². The highest BCUT2D eigenvalue weighted by molar-refractivity contribution is 7.71. The Balaban J connectivity index is 1.67. The minimum atomic E-state index is -0.325. The third-order valence-electron chi connectivity index (χ3n) is 4.35. The van der Waals surface area contributed by atoms with E-state index >= 15 is 0 Å². The van der Waals surface area contributed by atoms with Crippen molar-refractivity contribution >= 4 is 29.9 Å². The molecule has 0 aliphatic heterocycles. The van der Waals surface area contributed by atoms with Crippen LogP contribution in [0.3, 0.4) is 0 Å². The lowest BCUT2D eigenvalue weighted by Crippen LogP contribution is -2.37. The summed E-state index contributed by atoms with van der Waals surface area (Å²) in [5.41, 5.74) is 2.96. The maximum atomic E-state index is 12.7. The molecule has 0 spiro atoms. The molecule has 3 aromatic rings. The van der Waals surface area contributed by atoms with Crippen LogP contribution in [0.4, 0.5) is 5.82 Å². The van der Waals surface area contributed by atoms with Crippen molar-refractivity contribution in [3.8, 4) is 11.4 Å². The standard InChI is InChI=1S/C20H22N6O2S/c1-13-4-6-15(7-5-13)19-23-24-20(29)26(19)12-18(28)25(3)11-17(27)22-16-10-14(2)8-9-21-16/h4-10H,11-12H2,1-3H3,(H,24,29)(H,21,22,27). The Hall–Kier alpha value is -3.33. The predicted molar refractivity (Wildman–Crippen MR) is 113 cm³/mol. The van der Waals surface area contributed by atoms with Gasteiger partial charge in [0.2, 0.25) is 11.8 Å². The zero-order chi connectivity index (χ0) is 21.0. The minimum Gasteiger partial charge on any atom is -0.335 e. The minimum absolute atomic E-state index is 0.0228. The number of amides is 2. The van der Waals surface area contributed by atoms with Gasteiger partial charge in [-0.3, -0.25) is 19.3 Å². The Morgan fingerprint density at radius 3 is 2.59 bits per heavy atom. The quantitative estimate of drug-likeness (QED) is 0.609. The van der Waals surface area contributed by atoms with E-state index in [4.69, 9.17) is 12.2 Å². The van der Waals surface area contributed by atoms with E-state index in [1.54, 1.807) is 23.9 Å². The lowest BCUT2D eigenvalue weighted by atomic mass is 10.1. The summed E-state index contributed by atoms with van der Waals surface area (Å²) in [6, 6.07) is 11.4. The maximum Gasteiger partial charge on any atom is 0.245 e. The van der Waals surface area contributed by atoms with Crippen molar-refractivity contribution in [1.29, 1.82) is 0 Å². The predicted octanol–water partition coefficient (Wildman–Crippen LogP) is 2.72. The lowest BCUT2D eigenvalue weighted by Gasteiger charge is -2.17. The van der Waals surface area contributed by atoms with E-state index in [1.165, 1.54) is 4.90 Å². The van der Waals surface area contributed by atoms with E-state index < -0.39 is 0 Å². The van der Waals surface area contributed by atoms with Crippen LogP contribution in [-0.4, -0.2) is 50.1 Å². The highest BCUT2D eigenvalue weighted by Crippen LogP contribution is 2.18. The second kappa shape index (κ2) is 8.78. The number of benzene rings is 1. The molecule has 0 atom stereocenters. The van der Waals surface area contributed by atoms with Crippen LogP contribution in [0.1, 0.15) is 11.1 Å². The van der Waals surface area contributed by atoms with Crippen molar-refractivity contribution in [1.82, 2.24) is 24.6 Å². The van der Waals surface area contributed by atoms with Gasteiger partial charge in [-0.15, -0.1) is 0 Å². The van der Waals surface area contributed by atoms with E-state index in [0.717, 1.165) is 16.7 Å². The van der Waals surface area contributed by atoms with E-state index in [1.807, 2.05) is 44.2 Å². The second-order valence-electron chi connectivity index (χ2n) is 6.82. The average Bonchev–Trinajstić information content (AvgIpc) is 3.02. The molecular formula is C20H22N6O2S. The van der Waals surface area contributed by atoms with Gasteiger partial charge in [0, 0.05) is 18.8 Å². The van der Waals surface area contributed by atoms with E-state index in [-0.39, 0.29) is 24.9 Å². The van der Waals surface area contributed by atoms with Gasteiger partial charge in [-0.05, 0) is 43.8 Å². The molecule has 0 aliphatic carbocycles. The first-order valence-corrected chi connectivity index (χ1v) is 9.43. The number of hydrogen-bond acceptors (Lipinski definition) is 5. The number of rotatable bonds is 6. The summed E-state index contributed by atoms with van der Waals surface area (Å²) in [7, 11) is 1.57. The molecule has 0 radical (unpaired) electrons. The fourth-order valence-electron chi connectivity index (χ4n) is 2.73. The number of aryl methyl sites for hydroxylation is 2. The smallest absolute Gasteiger partial charge is 0.245 e. The van der Waals surface area contributed by atoms with Gasteiger partial charge in [0.25, 0.3) is 0 Å². The van der Waals surface area contributed by atoms with E-state index in [2.05, 4.69) is 20.5 Å². The molecule has 0 fully saturated rings. The zero-order valence-electron chi connectivity index (χ0n) is 16.5. The Labute approximate surface area is 173 Å². The number of hydrogen-bond donors (Lipinski definition) is 2. The normalized spacial score (nSPS) is 10.6. The molecule has 29 heavy (non-hydrogen) atoms. The summed E-state index contributed by atoms with van der Waals surface area (Å²) in [6.45, 7) is 3.79. The van der Waals surface area contributed by atoms with Crippen molar-refractivity contribution in [2.45, 2.75) is 20.4 Å². The van der Waals surface area contributed by atoms with Gasteiger partial charge in [-0.25, -0.2) is 4.98 Å². The topological polar surface area (TPSA) is 95.9 Å². The fourth-order valence-corrected chi connectivity index (χ4v) is 2.93. The highest BCUT2D eigenvalue weighted by Gasteiger charge is 2.17. The molecule has 0 aliphatic rings. The molecule has 0 unspecified atom stereocenters. The number of H-pyrrole nitrogens is 1. The molecule has 0 saturated carbocycles. The molecule has 3 rings (SSSR count). The van der Waals surface area contributed by atoms with Crippen LogP contribution in [0.2, 0.25) is 0 Å². The first kappa shape index (κ1) is 20.4. The molecule has 0 saturated heterocycles. The maximum absolute atomic E-state index is 12.7. The summed E-state index contributed by atoms with van der Waals surface area (Å²) in [4.78, 5) is 30.3. The van der Waals surface area contributed by atoms with Crippen LogP contribution in [0.25, 0.3) is 11.4 Å². The molecule has 2 N–H and O–H groups in total. The zero-order valence-corrected chi connectivity index (χ0v) is 17.3. The Bertz CT molecular complexity index is 1090. The van der Waals surface area contributed by atoms with E-state index in [9.17, 15) is 9.59 Å². The summed E-state index contributed by atoms with van der Waals surface area (Å²) in [5, 5.41) is 9.66. The van der Waals surface area contributed by atoms with Gasteiger partial charge in [0.1, 0.15) is 12.4 Å². The summed E-state index contributed by atoms with van der Waals surface area (Å²) in [5.74, 6) is 0.441. The number of carbonyl (C=O) groups is 2. The third kappa shape index (κ3) is 5.14. The molecule has 1 aromatic carbocycles. The van der Waals surface area contributed by atoms with Crippen molar-refractivity contribution < 1.29 is 9.59 Å². The van der Waals surface area contributed by atoms with Crippen molar-refractivity contribution in [3.05, 3.63) is 58.5 Å². The number of nitrogens with one attached hydrogen (secondary N) is 2. The number of nitrogens with zero attached hydrogens (tertiary/aromatic N) is 4. The number of pyridine rings is 1. The third-order valence-corrected chi connectivity index (χ3v) is 4.66. The molecule has 9 heteroatoms. The van der Waals surface area contributed by atoms with Crippen LogP contribution in [-0.2, 0) is 16.1 Å². The van der Waals surface area contributed by atoms with Gasteiger partial charge in [0.05, 0.1) is 6.54 Å². The second-order valence-corrected chi connectivity index (χ2v) is 7.21. The van der Waals surface area contributed by atoms with Crippen LogP contribution >= 0.6 is 12.2 Å². The summed E-state index contributed by atoms with van der Waals surface area (Å²) in [6.07, 6.45) is 1.62. The number of anilines is 1. The van der Waals surface area contributed by atoms with Crippen molar-refractivity contribution in [3.63, 3.8) is 0 Å². The first-order chi connectivity index (χ1) is 13.8.